The minimum absolute atomic E-state index is 0.118. The van der Waals surface area contributed by atoms with Crippen LogP contribution in [0.25, 0.3) is 0 Å². The lowest BCUT2D eigenvalue weighted by Gasteiger charge is -2.60. The van der Waals surface area contributed by atoms with E-state index in [2.05, 4.69) is 26.1 Å². The fraction of sp³-hybridized carbons (Fsp3) is 0.900. The fourth-order valence-corrected chi connectivity index (χ4v) is 2.81. The van der Waals surface area contributed by atoms with Crippen LogP contribution in [-0.4, -0.2) is 36.7 Å². The minimum atomic E-state index is -1.03. The third kappa shape index (κ3) is 1.00. The van der Waals surface area contributed by atoms with E-state index in [4.69, 9.17) is 0 Å². The molecule has 4 heteroatoms. The quantitative estimate of drug-likeness (QED) is 0.577. The molecule has 2 atom stereocenters. The number of likely N-dealkylation sites (tertiary alicyclic amines) is 1. The molecule has 0 spiro atoms. The largest absolute Gasteiger partial charge is 0.530 e. The molecule has 14 heavy (non-hydrogen) atoms. The van der Waals surface area contributed by atoms with E-state index in [1.807, 2.05) is 0 Å². The number of rotatable bonds is 0. The van der Waals surface area contributed by atoms with Crippen LogP contribution in [0.4, 0.5) is 4.79 Å². The first-order valence-electron chi connectivity index (χ1n) is 5.07. The van der Waals surface area contributed by atoms with Gasteiger partial charge in [-0.15, -0.1) is 0 Å². The van der Waals surface area contributed by atoms with Crippen LogP contribution in [-0.2, 0) is 0 Å². The highest BCUT2D eigenvalue weighted by Crippen LogP contribution is 2.52. The van der Waals surface area contributed by atoms with Crippen molar-refractivity contribution in [2.75, 3.05) is 19.6 Å². The van der Waals surface area contributed by atoms with Gasteiger partial charge in [0.25, 0.3) is 0 Å². The molecular weight excluding hydrogens is 180 g/mol. The molecule has 2 aliphatic heterocycles. The normalized spacial score (nSPS) is 36.5. The number of carbonyl (C=O) groups is 1. The van der Waals surface area contributed by atoms with Gasteiger partial charge < -0.3 is 20.1 Å². The Morgan fingerprint density at radius 2 is 2.21 bits per heavy atom. The number of carbonyl (C=O) groups excluding carboxylic acids is 1. The van der Waals surface area contributed by atoms with Crippen LogP contribution in [0, 0.1) is 10.8 Å². The van der Waals surface area contributed by atoms with Crippen molar-refractivity contribution in [2.24, 2.45) is 10.8 Å². The van der Waals surface area contributed by atoms with E-state index >= 15 is 0 Å². The van der Waals surface area contributed by atoms with Gasteiger partial charge in [0, 0.05) is 25.0 Å². The Bertz CT molecular complexity index is 272. The van der Waals surface area contributed by atoms with Crippen molar-refractivity contribution in [1.82, 2.24) is 10.2 Å². The summed E-state index contributed by atoms with van der Waals surface area (Å²) in [6, 6.07) is 0.118. The van der Waals surface area contributed by atoms with Crippen LogP contribution >= 0.6 is 0 Å². The summed E-state index contributed by atoms with van der Waals surface area (Å²) in [5.74, 6) is 0. The number of nitrogens with zero attached hydrogens (tertiary/aromatic N) is 1. The SMILES string of the molecule is CC(C)(C)C12CNCC1N(C(=O)[O-])C2. The molecule has 0 aliphatic carbocycles. The van der Waals surface area contributed by atoms with Crippen LogP contribution in [0.1, 0.15) is 20.8 Å². The zero-order valence-corrected chi connectivity index (χ0v) is 8.96. The van der Waals surface area contributed by atoms with Crippen molar-refractivity contribution >= 4 is 6.09 Å². The second-order valence-electron chi connectivity index (χ2n) is 5.45. The molecule has 0 aromatic rings. The summed E-state index contributed by atoms with van der Waals surface area (Å²) >= 11 is 0. The van der Waals surface area contributed by atoms with Gasteiger partial charge in [0.15, 0.2) is 0 Å². The standard InChI is InChI=1S/C10H18N2O2/c1-9(2,3)10-5-11-4-7(10)12(6-10)8(13)14/h7,11H,4-6H2,1-3H3,(H,13,14)/p-1. The number of fused-ring (bicyclic) bond motifs is 1. The summed E-state index contributed by atoms with van der Waals surface area (Å²) in [5, 5.41) is 14.1. The van der Waals surface area contributed by atoms with Gasteiger partial charge in [-0.05, 0) is 5.41 Å². The average molecular weight is 197 g/mol. The van der Waals surface area contributed by atoms with E-state index in [0.29, 0.717) is 6.54 Å². The first-order valence-corrected chi connectivity index (χ1v) is 5.07. The van der Waals surface area contributed by atoms with E-state index in [1.54, 1.807) is 0 Å². The molecule has 2 heterocycles. The van der Waals surface area contributed by atoms with Crippen LogP contribution < -0.4 is 10.4 Å². The Hall–Kier alpha value is -0.770. The van der Waals surface area contributed by atoms with Crippen LogP contribution in [0.3, 0.4) is 0 Å². The zero-order chi connectivity index (χ0) is 10.6. The number of amides is 1. The van der Waals surface area contributed by atoms with Crippen LogP contribution in [0.5, 0.6) is 0 Å². The highest BCUT2D eigenvalue weighted by Gasteiger charge is 2.61. The van der Waals surface area contributed by atoms with Gasteiger partial charge in [0.1, 0.15) is 6.09 Å². The Labute approximate surface area is 84.3 Å². The minimum Gasteiger partial charge on any atom is -0.530 e. The van der Waals surface area contributed by atoms with E-state index in [1.165, 1.54) is 4.90 Å². The molecule has 0 bridgehead atoms. The molecule has 0 aromatic heterocycles. The van der Waals surface area contributed by atoms with Gasteiger partial charge in [-0.2, -0.15) is 0 Å². The molecule has 4 nitrogen and oxygen atoms in total. The van der Waals surface area contributed by atoms with Crippen LogP contribution in [0.2, 0.25) is 0 Å². The molecule has 1 amide bonds. The molecule has 2 fully saturated rings. The van der Waals surface area contributed by atoms with Crippen LogP contribution in [0.15, 0.2) is 0 Å². The van der Waals surface area contributed by atoms with E-state index in [0.717, 1.165) is 13.1 Å². The molecule has 0 radical (unpaired) electrons. The van der Waals surface area contributed by atoms with Gasteiger partial charge in [-0.3, -0.25) is 0 Å². The Balaban J connectivity index is 2.21. The summed E-state index contributed by atoms with van der Waals surface area (Å²) in [7, 11) is 0. The first-order chi connectivity index (χ1) is 6.38. The van der Waals surface area contributed by atoms with Crippen molar-refractivity contribution in [3.05, 3.63) is 0 Å². The summed E-state index contributed by atoms with van der Waals surface area (Å²) in [6.07, 6.45) is -1.03. The van der Waals surface area contributed by atoms with Gasteiger partial charge >= 0.3 is 0 Å². The zero-order valence-electron chi connectivity index (χ0n) is 8.96. The molecule has 80 valence electrons. The summed E-state index contributed by atoms with van der Waals surface area (Å²) in [4.78, 5) is 12.2. The van der Waals surface area contributed by atoms with Crippen molar-refractivity contribution in [1.29, 1.82) is 0 Å². The lowest BCUT2D eigenvalue weighted by molar-refractivity contribution is -0.284. The van der Waals surface area contributed by atoms with E-state index in [9.17, 15) is 9.90 Å². The fourth-order valence-electron chi connectivity index (χ4n) is 2.81. The maximum atomic E-state index is 10.8. The maximum Gasteiger partial charge on any atom is 0.137 e. The molecular formula is C10H17N2O2-. The van der Waals surface area contributed by atoms with Gasteiger partial charge in [-0.1, -0.05) is 20.8 Å². The smallest absolute Gasteiger partial charge is 0.137 e. The average Bonchev–Trinajstić information content (AvgIpc) is 2.26. The second-order valence-corrected chi connectivity index (χ2v) is 5.45. The number of hydrogen-bond acceptors (Lipinski definition) is 3. The number of nitrogens with one attached hydrogen (secondary N) is 1. The molecule has 2 saturated heterocycles. The second kappa shape index (κ2) is 2.63. The van der Waals surface area contributed by atoms with Crippen molar-refractivity contribution in [2.45, 2.75) is 26.8 Å². The Morgan fingerprint density at radius 3 is 2.71 bits per heavy atom. The lowest BCUT2D eigenvalue weighted by Crippen LogP contribution is -2.72. The van der Waals surface area contributed by atoms with Crippen molar-refractivity contribution in [3.63, 3.8) is 0 Å². The molecule has 2 unspecified atom stereocenters. The Kier molecular flexibility index (Phi) is 1.83. The molecule has 0 aromatic carbocycles. The molecule has 2 aliphatic rings. The molecule has 0 saturated carbocycles. The maximum absolute atomic E-state index is 10.8. The number of carboxylic acid groups (broad SMARTS) is 1. The lowest BCUT2D eigenvalue weighted by atomic mass is 9.58. The molecule has 1 N–H and O–H groups in total. The monoisotopic (exact) mass is 197 g/mol. The van der Waals surface area contributed by atoms with E-state index < -0.39 is 6.09 Å². The highest BCUT2D eigenvalue weighted by molar-refractivity contribution is 5.65. The number of hydrogen-bond donors (Lipinski definition) is 1. The summed E-state index contributed by atoms with van der Waals surface area (Å²) < 4.78 is 0. The van der Waals surface area contributed by atoms with Crippen molar-refractivity contribution in [3.8, 4) is 0 Å². The summed E-state index contributed by atoms with van der Waals surface area (Å²) in [5.41, 5.74) is 0.264. The van der Waals surface area contributed by atoms with Gasteiger partial charge in [0.05, 0.1) is 6.04 Å². The van der Waals surface area contributed by atoms with Gasteiger partial charge in [0.2, 0.25) is 0 Å². The highest BCUT2D eigenvalue weighted by atomic mass is 16.4. The molecule has 2 rings (SSSR count). The Morgan fingerprint density at radius 1 is 1.57 bits per heavy atom. The topological polar surface area (TPSA) is 55.4 Å². The van der Waals surface area contributed by atoms with Crippen molar-refractivity contribution < 1.29 is 9.90 Å². The van der Waals surface area contributed by atoms with Gasteiger partial charge in [-0.25, -0.2) is 0 Å². The predicted octanol–water partition coefficient (Wildman–Crippen LogP) is -0.350. The third-order valence-electron chi connectivity index (χ3n) is 3.97. The predicted molar refractivity (Wildman–Crippen MR) is 50.6 cm³/mol. The first kappa shape index (κ1) is 9.77. The van der Waals surface area contributed by atoms with E-state index in [-0.39, 0.29) is 16.9 Å². The summed E-state index contributed by atoms with van der Waals surface area (Å²) in [6.45, 7) is 8.85. The third-order valence-corrected chi connectivity index (χ3v) is 3.97.